The quantitative estimate of drug-likeness (QED) is 0.804. The van der Waals surface area contributed by atoms with E-state index in [0.717, 1.165) is 5.56 Å². The van der Waals surface area contributed by atoms with Crippen molar-refractivity contribution in [2.24, 2.45) is 0 Å². The molecule has 1 N–H and O–H groups in total. The van der Waals surface area contributed by atoms with Crippen molar-refractivity contribution in [3.63, 3.8) is 0 Å². The summed E-state index contributed by atoms with van der Waals surface area (Å²) in [5.74, 6) is -4.76. The summed E-state index contributed by atoms with van der Waals surface area (Å²) < 4.78 is 30.2. The van der Waals surface area contributed by atoms with E-state index in [1.165, 1.54) is 0 Å². The first-order chi connectivity index (χ1) is 8.08. The van der Waals surface area contributed by atoms with Crippen molar-refractivity contribution in [2.45, 2.75) is 25.0 Å². The topological polar surface area (TPSA) is 51.2 Å². The van der Waals surface area contributed by atoms with Gasteiger partial charge in [0.15, 0.2) is 0 Å². The van der Waals surface area contributed by atoms with Crippen molar-refractivity contribution in [3.8, 4) is 0 Å². The molecule has 1 saturated heterocycles. The average Bonchev–Trinajstić information content (AvgIpc) is 2.54. The van der Waals surface area contributed by atoms with Crippen LogP contribution >= 0.6 is 0 Å². The van der Waals surface area contributed by atoms with Gasteiger partial charge in [-0.05, 0) is 11.6 Å². The van der Waals surface area contributed by atoms with E-state index in [4.69, 9.17) is 0 Å². The minimum Gasteiger partial charge on any atom is -0.456 e. The van der Waals surface area contributed by atoms with Gasteiger partial charge in [0.1, 0.15) is 6.10 Å². The molecule has 1 fully saturated rings. The van der Waals surface area contributed by atoms with E-state index < -0.39 is 24.4 Å². The van der Waals surface area contributed by atoms with E-state index in [2.05, 4.69) is 15.0 Å². The van der Waals surface area contributed by atoms with Gasteiger partial charge in [-0.3, -0.25) is 4.98 Å². The second-order valence-electron chi connectivity index (χ2n) is 3.93. The van der Waals surface area contributed by atoms with Gasteiger partial charge in [0.05, 0.1) is 6.42 Å². The Morgan fingerprint density at radius 2 is 2.41 bits per heavy atom. The molecule has 0 aliphatic carbocycles. The standard InChI is InChI=1S/C11H12F2N2O2/c12-11(13)4-9(17-10(11)16)7-15-6-8-2-1-3-14-5-8/h1-3,5,9,15H,4,6-7H2. The number of cyclic esters (lactones) is 1. The summed E-state index contributed by atoms with van der Waals surface area (Å²) in [5, 5.41) is 2.95. The first kappa shape index (κ1) is 11.9. The Morgan fingerprint density at radius 3 is 3.00 bits per heavy atom. The highest BCUT2D eigenvalue weighted by atomic mass is 19.3. The number of nitrogens with one attached hydrogen (secondary N) is 1. The molecule has 1 aliphatic rings. The Kier molecular flexibility index (Phi) is 3.33. The summed E-state index contributed by atoms with van der Waals surface area (Å²) in [4.78, 5) is 14.7. The van der Waals surface area contributed by atoms with Crippen LogP contribution in [0.1, 0.15) is 12.0 Å². The lowest BCUT2D eigenvalue weighted by atomic mass is 10.2. The number of esters is 1. The molecule has 0 spiro atoms. The largest absolute Gasteiger partial charge is 0.456 e. The highest BCUT2D eigenvalue weighted by Crippen LogP contribution is 2.30. The van der Waals surface area contributed by atoms with Crippen molar-refractivity contribution in [1.29, 1.82) is 0 Å². The Balaban J connectivity index is 1.76. The van der Waals surface area contributed by atoms with Crippen molar-refractivity contribution < 1.29 is 18.3 Å². The molecule has 1 unspecified atom stereocenters. The molecule has 0 radical (unpaired) electrons. The highest BCUT2D eigenvalue weighted by Gasteiger charge is 2.50. The second-order valence-corrected chi connectivity index (χ2v) is 3.93. The molecule has 0 saturated carbocycles. The number of nitrogens with zero attached hydrogens (tertiary/aromatic N) is 1. The number of ether oxygens (including phenoxy) is 1. The third-order valence-corrected chi connectivity index (χ3v) is 2.48. The molecule has 1 aliphatic heterocycles. The minimum atomic E-state index is -3.33. The van der Waals surface area contributed by atoms with Gasteiger partial charge in [-0.25, -0.2) is 4.79 Å². The predicted molar refractivity (Wildman–Crippen MR) is 55.4 cm³/mol. The van der Waals surface area contributed by atoms with Crippen LogP contribution in [0, 0.1) is 0 Å². The molecule has 92 valence electrons. The fraction of sp³-hybridized carbons (Fsp3) is 0.455. The minimum absolute atomic E-state index is 0.218. The fourth-order valence-corrected chi connectivity index (χ4v) is 1.64. The SMILES string of the molecule is O=C1OC(CNCc2cccnc2)CC1(F)F. The summed E-state index contributed by atoms with van der Waals surface area (Å²) >= 11 is 0. The van der Waals surface area contributed by atoms with Crippen molar-refractivity contribution in [3.05, 3.63) is 30.1 Å². The highest BCUT2D eigenvalue weighted by molar-refractivity contribution is 5.79. The molecule has 0 bridgehead atoms. The maximum absolute atomic E-state index is 12.8. The second kappa shape index (κ2) is 4.75. The first-order valence-corrected chi connectivity index (χ1v) is 5.26. The van der Waals surface area contributed by atoms with Gasteiger partial charge in [-0.15, -0.1) is 0 Å². The van der Waals surface area contributed by atoms with E-state index in [-0.39, 0.29) is 6.54 Å². The maximum Gasteiger partial charge on any atom is 0.377 e. The smallest absolute Gasteiger partial charge is 0.377 e. The number of aromatic nitrogens is 1. The first-order valence-electron chi connectivity index (χ1n) is 5.26. The van der Waals surface area contributed by atoms with Crippen molar-refractivity contribution in [1.82, 2.24) is 10.3 Å². The number of hydrogen-bond donors (Lipinski definition) is 1. The van der Waals surface area contributed by atoms with Crippen LogP contribution in [0.15, 0.2) is 24.5 Å². The number of carbonyl (C=O) groups excluding carboxylic acids is 1. The van der Waals surface area contributed by atoms with Gasteiger partial charge in [0, 0.05) is 25.5 Å². The van der Waals surface area contributed by atoms with Crippen LogP contribution in [0.4, 0.5) is 8.78 Å². The molecule has 2 heterocycles. The molecule has 2 rings (SSSR count). The summed E-state index contributed by atoms with van der Waals surface area (Å²) in [6.45, 7) is 0.726. The van der Waals surface area contributed by atoms with Gasteiger partial charge < -0.3 is 10.1 Å². The molecular weight excluding hydrogens is 230 g/mol. The lowest BCUT2D eigenvalue weighted by Gasteiger charge is -2.09. The van der Waals surface area contributed by atoms with Gasteiger partial charge in [-0.2, -0.15) is 8.78 Å². The number of rotatable bonds is 4. The van der Waals surface area contributed by atoms with Crippen molar-refractivity contribution >= 4 is 5.97 Å². The van der Waals surface area contributed by atoms with Crippen LogP contribution < -0.4 is 5.32 Å². The van der Waals surface area contributed by atoms with Crippen molar-refractivity contribution in [2.75, 3.05) is 6.54 Å². The number of alkyl halides is 2. The van der Waals surface area contributed by atoms with E-state index in [9.17, 15) is 13.6 Å². The van der Waals surface area contributed by atoms with Crippen LogP contribution in [0.5, 0.6) is 0 Å². The molecular formula is C11H12F2N2O2. The van der Waals surface area contributed by atoms with Crippen LogP contribution in [-0.4, -0.2) is 29.5 Å². The van der Waals surface area contributed by atoms with E-state index in [1.54, 1.807) is 18.5 Å². The van der Waals surface area contributed by atoms with E-state index in [1.807, 2.05) is 6.07 Å². The molecule has 4 nitrogen and oxygen atoms in total. The third kappa shape index (κ3) is 2.97. The molecule has 17 heavy (non-hydrogen) atoms. The zero-order valence-electron chi connectivity index (χ0n) is 9.03. The molecule has 0 amide bonds. The Morgan fingerprint density at radius 1 is 1.59 bits per heavy atom. The number of halogens is 2. The third-order valence-electron chi connectivity index (χ3n) is 2.48. The summed E-state index contributed by atoms with van der Waals surface area (Å²) in [5.41, 5.74) is 0.948. The van der Waals surface area contributed by atoms with Gasteiger partial charge in [-0.1, -0.05) is 6.07 Å². The lowest BCUT2D eigenvalue weighted by Crippen LogP contribution is -2.26. The van der Waals surface area contributed by atoms with Crippen LogP contribution in [0.3, 0.4) is 0 Å². The number of hydrogen-bond acceptors (Lipinski definition) is 4. The molecule has 1 atom stereocenters. The van der Waals surface area contributed by atoms with E-state index in [0.29, 0.717) is 6.54 Å². The molecule has 6 heteroatoms. The lowest BCUT2D eigenvalue weighted by molar-refractivity contribution is -0.159. The molecule has 0 aromatic carbocycles. The Hall–Kier alpha value is -1.56. The zero-order chi connectivity index (χ0) is 12.3. The van der Waals surface area contributed by atoms with E-state index >= 15 is 0 Å². The summed E-state index contributed by atoms with van der Waals surface area (Å²) in [6.07, 6.45) is 2.03. The zero-order valence-corrected chi connectivity index (χ0v) is 9.03. The van der Waals surface area contributed by atoms with Crippen LogP contribution in [-0.2, 0) is 16.1 Å². The summed E-state index contributed by atoms with van der Waals surface area (Å²) in [7, 11) is 0. The van der Waals surface area contributed by atoms with Gasteiger partial charge >= 0.3 is 11.9 Å². The number of pyridine rings is 1. The molecule has 1 aromatic heterocycles. The average molecular weight is 242 g/mol. The van der Waals surface area contributed by atoms with Crippen LogP contribution in [0.2, 0.25) is 0 Å². The monoisotopic (exact) mass is 242 g/mol. The Bertz CT molecular complexity index is 398. The maximum atomic E-state index is 12.8. The fourth-order valence-electron chi connectivity index (χ4n) is 1.64. The number of carbonyl (C=O) groups is 1. The normalized spacial score (nSPS) is 22.5. The van der Waals surface area contributed by atoms with Gasteiger partial charge in [0.25, 0.3) is 0 Å². The van der Waals surface area contributed by atoms with Gasteiger partial charge in [0.2, 0.25) is 0 Å². The van der Waals surface area contributed by atoms with Crippen LogP contribution in [0.25, 0.3) is 0 Å². The predicted octanol–water partition coefficient (Wildman–Crippen LogP) is 1.12. The molecule has 1 aromatic rings. The Labute approximate surface area is 97.0 Å². The summed E-state index contributed by atoms with van der Waals surface area (Å²) in [6, 6.07) is 3.66.